The zero-order valence-electron chi connectivity index (χ0n) is 15.6. The number of aryl methyl sites for hydroxylation is 1. The van der Waals surface area contributed by atoms with Gasteiger partial charge in [-0.05, 0) is 31.7 Å². The number of piperazine rings is 1. The van der Waals surface area contributed by atoms with Gasteiger partial charge in [-0.15, -0.1) is 0 Å². The van der Waals surface area contributed by atoms with E-state index in [9.17, 15) is 4.79 Å². The number of amides is 1. The Morgan fingerprint density at radius 3 is 2.74 bits per heavy atom. The Morgan fingerprint density at radius 2 is 1.96 bits per heavy atom. The molecule has 27 heavy (non-hydrogen) atoms. The summed E-state index contributed by atoms with van der Waals surface area (Å²) in [7, 11) is 2.11. The zero-order chi connectivity index (χ0) is 18.8. The van der Waals surface area contributed by atoms with Crippen LogP contribution in [0.4, 0.5) is 5.95 Å². The summed E-state index contributed by atoms with van der Waals surface area (Å²) in [5, 5.41) is 2.92. The topological polar surface area (TPSA) is 79.8 Å². The number of anilines is 1. The largest absolute Gasteiger partial charge is 0.454 e. The van der Waals surface area contributed by atoms with Crippen LogP contribution in [0.3, 0.4) is 0 Å². The van der Waals surface area contributed by atoms with Crippen molar-refractivity contribution < 1.29 is 14.3 Å². The molecule has 0 saturated carbocycles. The number of nitrogens with zero attached hydrogens (tertiary/aromatic N) is 4. The molecule has 2 aliphatic rings. The summed E-state index contributed by atoms with van der Waals surface area (Å²) >= 11 is 0. The van der Waals surface area contributed by atoms with E-state index in [4.69, 9.17) is 9.47 Å². The molecule has 8 nitrogen and oxygen atoms in total. The molecule has 0 aliphatic carbocycles. The van der Waals surface area contributed by atoms with Gasteiger partial charge in [0, 0.05) is 38.9 Å². The van der Waals surface area contributed by atoms with Crippen LogP contribution in [0.5, 0.6) is 11.5 Å². The summed E-state index contributed by atoms with van der Waals surface area (Å²) in [6, 6.07) is 5.64. The first kappa shape index (κ1) is 17.5. The average Bonchev–Trinajstić information content (AvgIpc) is 3.14. The van der Waals surface area contributed by atoms with Gasteiger partial charge in [-0.2, -0.15) is 0 Å². The quantitative estimate of drug-likeness (QED) is 0.867. The fourth-order valence-corrected chi connectivity index (χ4v) is 3.17. The van der Waals surface area contributed by atoms with Gasteiger partial charge in [0.05, 0.1) is 11.3 Å². The Hall–Kier alpha value is -2.87. The molecule has 0 spiro atoms. The molecule has 4 rings (SSSR count). The van der Waals surface area contributed by atoms with Crippen LogP contribution in [-0.2, 0) is 6.54 Å². The van der Waals surface area contributed by atoms with E-state index in [1.165, 1.54) is 0 Å². The molecule has 1 amide bonds. The van der Waals surface area contributed by atoms with E-state index in [0.717, 1.165) is 37.5 Å². The summed E-state index contributed by atoms with van der Waals surface area (Å²) in [6.45, 7) is 6.24. The van der Waals surface area contributed by atoms with E-state index in [1.54, 1.807) is 6.20 Å². The van der Waals surface area contributed by atoms with Gasteiger partial charge in [0.2, 0.25) is 12.7 Å². The average molecular weight is 369 g/mol. The highest BCUT2D eigenvalue weighted by Gasteiger charge is 2.19. The molecule has 142 valence electrons. The van der Waals surface area contributed by atoms with Crippen LogP contribution in [0.15, 0.2) is 24.4 Å². The van der Waals surface area contributed by atoms with Crippen molar-refractivity contribution in [2.24, 2.45) is 0 Å². The van der Waals surface area contributed by atoms with E-state index in [1.807, 2.05) is 25.1 Å². The van der Waals surface area contributed by atoms with Gasteiger partial charge in [0.25, 0.3) is 5.91 Å². The Bertz CT molecular complexity index is 849. The number of fused-ring (bicyclic) bond motifs is 1. The summed E-state index contributed by atoms with van der Waals surface area (Å²) in [6.07, 6.45) is 1.62. The van der Waals surface area contributed by atoms with Crippen LogP contribution in [-0.4, -0.2) is 60.8 Å². The summed E-state index contributed by atoms with van der Waals surface area (Å²) in [4.78, 5) is 25.9. The number of rotatable bonds is 4. The van der Waals surface area contributed by atoms with Gasteiger partial charge in [0.1, 0.15) is 0 Å². The number of likely N-dealkylation sites (N-methyl/N-ethyl adjacent to an activating group) is 1. The van der Waals surface area contributed by atoms with Crippen molar-refractivity contribution in [3.8, 4) is 11.5 Å². The fraction of sp³-hybridized carbons (Fsp3) is 0.421. The summed E-state index contributed by atoms with van der Waals surface area (Å²) in [5.74, 6) is 1.94. The maximum Gasteiger partial charge on any atom is 0.254 e. The first-order valence-corrected chi connectivity index (χ1v) is 9.04. The molecule has 1 saturated heterocycles. The maximum atomic E-state index is 12.5. The van der Waals surface area contributed by atoms with Gasteiger partial charge in [-0.1, -0.05) is 6.07 Å². The molecule has 3 heterocycles. The normalized spacial score (nSPS) is 16.4. The van der Waals surface area contributed by atoms with Crippen LogP contribution >= 0.6 is 0 Å². The minimum Gasteiger partial charge on any atom is -0.454 e. The lowest BCUT2D eigenvalue weighted by Gasteiger charge is -2.32. The second-order valence-corrected chi connectivity index (χ2v) is 6.83. The fourth-order valence-electron chi connectivity index (χ4n) is 3.17. The van der Waals surface area contributed by atoms with Gasteiger partial charge in [-0.25, -0.2) is 9.97 Å². The van der Waals surface area contributed by atoms with E-state index in [0.29, 0.717) is 29.5 Å². The molecular formula is C19H23N5O3. The number of carbonyl (C=O) groups is 1. The minimum atomic E-state index is -0.185. The number of carbonyl (C=O) groups excluding carboxylic acids is 1. The Morgan fingerprint density at radius 1 is 1.19 bits per heavy atom. The van der Waals surface area contributed by atoms with Gasteiger partial charge >= 0.3 is 0 Å². The lowest BCUT2D eigenvalue weighted by atomic mass is 10.2. The molecule has 2 aliphatic heterocycles. The third-order valence-electron chi connectivity index (χ3n) is 4.89. The molecule has 1 fully saturated rings. The van der Waals surface area contributed by atoms with Crippen molar-refractivity contribution in [3.63, 3.8) is 0 Å². The summed E-state index contributed by atoms with van der Waals surface area (Å²) in [5.41, 5.74) is 2.12. The molecule has 2 aromatic rings. The SMILES string of the molecule is Cc1nc(N2CCN(C)CC2)ncc1C(=O)NCc1ccc2c(c1)OCO2. The zero-order valence-corrected chi connectivity index (χ0v) is 15.6. The second kappa shape index (κ2) is 7.40. The molecular weight excluding hydrogens is 346 g/mol. The molecule has 0 unspecified atom stereocenters. The smallest absolute Gasteiger partial charge is 0.254 e. The number of ether oxygens (including phenoxy) is 2. The number of hydrogen-bond donors (Lipinski definition) is 1. The molecule has 0 bridgehead atoms. The van der Waals surface area contributed by atoms with Gasteiger partial charge in [0.15, 0.2) is 11.5 Å². The van der Waals surface area contributed by atoms with E-state index in [2.05, 4.69) is 32.1 Å². The predicted octanol–water partition coefficient (Wildman–Crippen LogP) is 1.20. The van der Waals surface area contributed by atoms with Crippen LogP contribution in [0.25, 0.3) is 0 Å². The van der Waals surface area contributed by atoms with Crippen LogP contribution in [0.1, 0.15) is 21.6 Å². The number of benzene rings is 1. The molecule has 8 heteroatoms. The van der Waals surface area contributed by atoms with Crippen molar-refractivity contribution in [1.29, 1.82) is 0 Å². The van der Waals surface area contributed by atoms with Gasteiger partial charge < -0.3 is 24.6 Å². The van der Waals surface area contributed by atoms with Crippen molar-refractivity contribution in [1.82, 2.24) is 20.2 Å². The predicted molar refractivity (Wildman–Crippen MR) is 100 cm³/mol. The Kier molecular flexibility index (Phi) is 4.81. The molecule has 0 radical (unpaired) electrons. The second-order valence-electron chi connectivity index (χ2n) is 6.83. The monoisotopic (exact) mass is 369 g/mol. The van der Waals surface area contributed by atoms with Crippen molar-refractivity contribution in [2.75, 3.05) is 44.9 Å². The van der Waals surface area contributed by atoms with Crippen LogP contribution in [0.2, 0.25) is 0 Å². The first-order chi connectivity index (χ1) is 13.1. The van der Waals surface area contributed by atoms with Crippen LogP contribution in [0, 0.1) is 6.92 Å². The Labute approximate surface area is 158 Å². The van der Waals surface area contributed by atoms with E-state index >= 15 is 0 Å². The number of aromatic nitrogens is 2. The van der Waals surface area contributed by atoms with E-state index < -0.39 is 0 Å². The van der Waals surface area contributed by atoms with Crippen molar-refractivity contribution in [2.45, 2.75) is 13.5 Å². The molecule has 1 N–H and O–H groups in total. The standard InChI is InChI=1S/C19H23N5O3/c1-13-15(11-21-19(22-13)24-7-5-23(2)6-8-24)18(25)20-10-14-3-4-16-17(9-14)27-12-26-16/h3-4,9,11H,5-8,10,12H2,1-2H3,(H,20,25). The third-order valence-corrected chi connectivity index (χ3v) is 4.89. The van der Waals surface area contributed by atoms with Crippen LogP contribution < -0.4 is 19.7 Å². The number of hydrogen-bond acceptors (Lipinski definition) is 7. The molecule has 0 atom stereocenters. The highest BCUT2D eigenvalue weighted by molar-refractivity contribution is 5.94. The minimum absolute atomic E-state index is 0.185. The highest BCUT2D eigenvalue weighted by Crippen LogP contribution is 2.32. The van der Waals surface area contributed by atoms with Crippen molar-refractivity contribution >= 4 is 11.9 Å². The molecule has 1 aromatic carbocycles. The maximum absolute atomic E-state index is 12.5. The molecule has 1 aromatic heterocycles. The lowest BCUT2D eigenvalue weighted by Crippen LogP contribution is -2.45. The summed E-state index contributed by atoms with van der Waals surface area (Å²) < 4.78 is 10.7. The lowest BCUT2D eigenvalue weighted by molar-refractivity contribution is 0.0949. The Balaban J connectivity index is 1.40. The number of nitrogens with one attached hydrogen (secondary N) is 1. The van der Waals surface area contributed by atoms with E-state index in [-0.39, 0.29) is 12.7 Å². The third kappa shape index (κ3) is 3.80. The highest BCUT2D eigenvalue weighted by atomic mass is 16.7. The van der Waals surface area contributed by atoms with Gasteiger partial charge in [-0.3, -0.25) is 4.79 Å². The first-order valence-electron chi connectivity index (χ1n) is 9.04. The van der Waals surface area contributed by atoms with Crippen molar-refractivity contribution in [3.05, 3.63) is 41.2 Å².